The second-order valence-corrected chi connectivity index (χ2v) is 13.9. The quantitative estimate of drug-likeness (QED) is 0.0550. The Bertz CT molecular complexity index is 2000. The number of furan rings is 1. The smallest absolute Gasteiger partial charge is 0.371 e. The Morgan fingerprint density at radius 1 is 0.783 bits per heavy atom. The second-order valence-electron chi connectivity index (χ2n) is 13.9. The maximum Gasteiger partial charge on any atom is 0.371 e. The molecule has 0 saturated heterocycles. The third-order valence-corrected chi connectivity index (χ3v) is 9.46. The van der Waals surface area contributed by atoms with Crippen molar-refractivity contribution in [2.75, 3.05) is 40.4 Å². The van der Waals surface area contributed by atoms with E-state index in [0.717, 1.165) is 24.9 Å². The summed E-state index contributed by atoms with van der Waals surface area (Å²) in [5.41, 5.74) is 4.04. The molecule has 2 heterocycles. The van der Waals surface area contributed by atoms with Gasteiger partial charge in [0.25, 0.3) is 5.56 Å². The van der Waals surface area contributed by atoms with Crippen LogP contribution in [0.5, 0.6) is 5.75 Å². The molecule has 2 aromatic carbocycles. The number of para-hydroxylation sites is 1. The summed E-state index contributed by atoms with van der Waals surface area (Å²) in [6.07, 6.45) is -6.90. The fourth-order valence-electron chi connectivity index (χ4n) is 5.99. The van der Waals surface area contributed by atoms with E-state index in [1.165, 1.54) is 40.4 Å². The highest BCUT2D eigenvalue weighted by atomic mass is 16.4. The van der Waals surface area contributed by atoms with Crippen molar-refractivity contribution in [3.05, 3.63) is 81.5 Å². The highest BCUT2D eigenvalue weighted by molar-refractivity contribution is 5.85. The van der Waals surface area contributed by atoms with E-state index >= 15 is 0 Å². The summed E-state index contributed by atoms with van der Waals surface area (Å²) in [5, 5.41) is 126. The van der Waals surface area contributed by atoms with E-state index in [2.05, 4.69) is 32.0 Å². The molecule has 2 aromatic heterocycles. The van der Waals surface area contributed by atoms with Gasteiger partial charge in [0, 0.05) is 13.1 Å². The number of aryl methyl sites for hydroxylation is 3. The number of carbonyl (C=O) groups is 1. The van der Waals surface area contributed by atoms with Gasteiger partial charge in [-0.05, 0) is 94.2 Å². The van der Waals surface area contributed by atoms with Gasteiger partial charge in [0.15, 0.2) is 11.4 Å². The maximum atomic E-state index is 13.1. The van der Waals surface area contributed by atoms with Gasteiger partial charge in [-0.25, -0.2) is 9.48 Å². The largest absolute Gasteiger partial charge is 0.505 e. The minimum atomic E-state index is -1.55. The van der Waals surface area contributed by atoms with Crippen molar-refractivity contribution in [2.24, 2.45) is 10.2 Å². The van der Waals surface area contributed by atoms with Crippen molar-refractivity contribution in [3.8, 4) is 22.8 Å². The molecule has 5 rings (SSSR count). The average Bonchev–Trinajstić information content (AvgIpc) is 3.86. The lowest BCUT2D eigenvalue weighted by Gasteiger charge is -2.25. The number of aromatic carboxylic acids is 1. The second kappa shape index (κ2) is 23.8. The summed E-state index contributed by atoms with van der Waals surface area (Å²) in [4.78, 5) is 24.1. The normalized spacial score (nSPS) is 16.6. The SMILES string of the molecule is CNC[C@H](O)[C@@H](O)[C@H](O)[C@H](O)CO.CNC[C@H](O)[C@@H](O)[C@H](O)[C@H](O)CO.Cc1[nH]n(-c2ccc3c(c2)CCCC3)c(=O)c1N=Nc1cccc(-c2ccc(C(=O)O)o2)c1O. The van der Waals surface area contributed by atoms with Gasteiger partial charge in [0.05, 0.1) is 42.4 Å². The number of aromatic hydroxyl groups is 1. The number of benzene rings is 2. The predicted octanol–water partition coefficient (Wildman–Crippen LogP) is -1.28. The lowest BCUT2D eigenvalue weighted by molar-refractivity contribution is -0.113. The molecule has 21 heteroatoms. The number of carboxylic acids is 1. The number of nitrogens with one attached hydrogen (secondary N) is 3. The van der Waals surface area contributed by atoms with Crippen LogP contribution in [0.2, 0.25) is 0 Å². The van der Waals surface area contributed by atoms with E-state index in [9.17, 15) is 24.9 Å². The van der Waals surface area contributed by atoms with Gasteiger partial charge in [-0.3, -0.25) is 9.89 Å². The molecule has 1 aliphatic carbocycles. The Hall–Kier alpha value is -4.88. The minimum absolute atomic E-state index is 0.0936. The Balaban J connectivity index is 0.000000306. The van der Waals surface area contributed by atoms with Gasteiger partial charge in [-0.15, -0.1) is 10.2 Å². The molecule has 21 nitrogen and oxygen atoms in total. The molecule has 0 unspecified atom stereocenters. The van der Waals surface area contributed by atoms with Gasteiger partial charge in [-0.2, -0.15) is 0 Å². The standard InChI is InChI=1S/C25H22N4O5.2C7H17NO5/c1-14-22(24(31)29(28-14)17-10-9-15-5-2-3-6-16(15)13-17)27-26-19-8-4-7-18(23(19)30)20-11-12-21(34-20)25(32)33;2*1-8-2-4(10)6(12)7(13)5(11)3-9/h4,7-13,28,30H,2-3,5-6H2,1H3,(H,32,33);2*4-13H,2-3H2,1H3/t;2*4-,5+,6+,7+/m.00/s1. The summed E-state index contributed by atoms with van der Waals surface area (Å²) in [5.74, 6) is -1.51. The highest BCUT2D eigenvalue weighted by Gasteiger charge is 2.30. The zero-order chi connectivity index (χ0) is 44.7. The molecule has 0 amide bonds. The number of carboxylic acid groups (broad SMARTS) is 1. The summed E-state index contributed by atoms with van der Waals surface area (Å²) in [6.45, 7) is 0.596. The molecular weight excluding hydrogens is 792 g/mol. The molecule has 15 N–H and O–H groups in total. The maximum absolute atomic E-state index is 13.1. The van der Waals surface area contributed by atoms with Crippen LogP contribution in [-0.2, 0) is 12.8 Å². The molecule has 0 aliphatic heterocycles. The fraction of sp³-hybridized carbons (Fsp3) is 0.487. The van der Waals surface area contributed by atoms with Crippen LogP contribution in [0, 0.1) is 6.92 Å². The first-order valence-electron chi connectivity index (χ1n) is 19.0. The number of likely N-dealkylation sites (N-methyl/N-ethyl adjacent to an activating group) is 2. The van der Waals surface area contributed by atoms with Crippen LogP contribution in [0.1, 0.15) is 40.2 Å². The molecule has 332 valence electrons. The molecule has 0 bridgehead atoms. The first-order chi connectivity index (χ1) is 28.5. The van der Waals surface area contributed by atoms with Crippen LogP contribution in [0.15, 0.2) is 68.0 Å². The number of hydrogen-bond acceptors (Lipinski definition) is 18. The molecule has 0 radical (unpaired) electrons. The molecule has 0 saturated carbocycles. The molecular formula is C39H56N6O15. The monoisotopic (exact) mass is 848 g/mol. The van der Waals surface area contributed by atoms with Crippen LogP contribution in [0.25, 0.3) is 17.0 Å². The average molecular weight is 849 g/mol. The molecule has 0 fully saturated rings. The van der Waals surface area contributed by atoms with Gasteiger partial charge in [0.1, 0.15) is 48.1 Å². The van der Waals surface area contributed by atoms with E-state index in [-0.39, 0.29) is 52.9 Å². The van der Waals surface area contributed by atoms with Crippen molar-refractivity contribution < 1.29 is 70.5 Å². The van der Waals surface area contributed by atoms with Crippen LogP contribution in [0.4, 0.5) is 11.4 Å². The lowest BCUT2D eigenvalue weighted by Crippen LogP contribution is -2.48. The number of azo groups is 1. The summed E-state index contributed by atoms with van der Waals surface area (Å²) >= 11 is 0. The summed E-state index contributed by atoms with van der Waals surface area (Å²) in [7, 11) is 3.15. The van der Waals surface area contributed by atoms with Crippen molar-refractivity contribution in [3.63, 3.8) is 0 Å². The van der Waals surface area contributed by atoms with Crippen molar-refractivity contribution in [1.29, 1.82) is 0 Å². The topological polar surface area (TPSA) is 360 Å². The third kappa shape index (κ3) is 13.1. The zero-order valence-electron chi connectivity index (χ0n) is 33.3. The number of nitrogens with zero attached hydrogens (tertiary/aromatic N) is 3. The van der Waals surface area contributed by atoms with Crippen LogP contribution < -0.4 is 16.2 Å². The third-order valence-electron chi connectivity index (χ3n) is 9.46. The molecule has 60 heavy (non-hydrogen) atoms. The predicted molar refractivity (Wildman–Crippen MR) is 215 cm³/mol. The highest BCUT2D eigenvalue weighted by Crippen LogP contribution is 2.38. The number of H-pyrrole nitrogens is 1. The lowest BCUT2D eigenvalue weighted by atomic mass is 9.91. The minimum Gasteiger partial charge on any atom is -0.505 e. The van der Waals surface area contributed by atoms with Crippen molar-refractivity contribution >= 4 is 17.3 Å². The Kier molecular flexibility index (Phi) is 19.6. The Morgan fingerprint density at radius 2 is 1.33 bits per heavy atom. The molecule has 0 spiro atoms. The van der Waals surface area contributed by atoms with E-state index in [0.29, 0.717) is 5.69 Å². The van der Waals surface area contributed by atoms with E-state index in [1.807, 2.05) is 12.1 Å². The number of fused-ring (bicyclic) bond motifs is 1. The fourth-order valence-corrected chi connectivity index (χ4v) is 5.99. The number of phenols is 1. The number of aliphatic hydroxyl groups is 10. The first-order valence-corrected chi connectivity index (χ1v) is 19.0. The molecule has 1 aliphatic rings. The number of aromatic nitrogens is 2. The van der Waals surface area contributed by atoms with E-state index in [1.54, 1.807) is 33.2 Å². The van der Waals surface area contributed by atoms with Gasteiger partial charge in [0.2, 0.25) is 5.76 Å². The Morgan fingerprint density at radius 3 is 1.85 bits per heavy atom. The number of hydrogen-bond donors (Lipinski definition) is 15. The first kappa shape index (κ1) is 49.5. The van der Waals surface area contributed by atoms with Crippen LogP contribution in [-0.4, -0.2) is 166 Å². The number of aromatic amines is 1. The number of phenolic OH excluding ortho intramolecular Hbond substituents is 1. The van der Waals surface area contributed by atoms with Crippen molar-refractivity contribution in [1.82, 2.24) is 20.4 Å². The zero-order valence-corrected chi connectivity index (χ0v) is 33.3. The molecule has 8 atom stereocenters. The summed E-state index contributed by atoms with van der Waals surface area (Å²) in [6, 6.07) is 13.5. The van der Waals surface area contributed by atoms with Gasteiger partial charge >= 0.3 is 5.97 Å². The van der Waals surface area contributed by atoms with Gasteiger partial charge < -0.3 is 76.3 Å². The van der Waals surface area contributed by atoms with E-state index in [4.69, 9.17) is 50.4 Å². The van der Waals surface area contributed by atoms with Crippen LogP contribution in [0.3, 0.4) is 0 Å². The van der Waals surface area contributed by atoms with Gasteiger partial charge in [-0.1, -0.05) is 12.1 Å². The Labute approximate surface area is 344 Å². The molecule has 4 aromatic rings. The number of rotatable bonds is 17. The summed E-state index contributed by atoms with van der Waals surface area (Å²) < 4.78 is 6.72. The van der Waals surface area contributed by atoms with Crippen molar-refractivity contribution in [2.45, 2.75) is 81.4 Å². The van der Waals surface area contributed by atoms with Crippen LogP contribution >= 0.6 is 0 Å². The number of aliphatic hydroxyl groups excluding tert-OH is 10. The van der Waals surface area contributed by atoms with E-state index < -0.39 is 68.0 Å².